The number of amides is 1. The van der Waals surface area contributed by atoms with Crippen LogP contribution in [-0.4, -0.2) is 82.3 Å². The molecular formula is C27H30N2O8S. The number of ether oxygens (including phenoxy) is 4. The van der Waals surface area contributed by atoms with Gasteiger partial charge in [0.05, 0.1) is 11.1 Å². The van der Waals surface area contributed by atoms with Crippen molar-refractivity contribution in [3.63, 3.8) is 0 Å². The third-order valence-corrected chi connectivity index (χ3v) is 6.93. The number of carbonyl (C=O) groups excluding carboxylic acids is 3. The summed E-state index contributed by atoms with van der Waals surface area (Å²) in [6.45, 7) is 4.98. The summed E-state index contributed by atoms with van der Waals surface area (Å²) < 4.78 is 22.7. The summed E-state index contributed by atoms with van der Waals surface area (Å²) in [5.74, 6) is -1.25. The molecule has 2 aliphatic heterocycles. The first-order valence-corrected chi connectivity index (χ1v) is 12.9. The van der Waals surface area contributed by atoms with Crippen LogP contribution in [-0.2, 0) is 18.9 Å². The maximum atomic E-state index is 12.8. The molecule has 0 radical (unpaired) electrons. The first-order chi connectivity index (χ1) is 18.0. The predicted molar refractivity (Wildman–Crippen MR) is 140 cm³/mol. The largest absolute Gasteiger partial charge is 0.459 e. The second-order valence-electron chi connectivity index (χ2n) is 9.79. The van der Waals surface area contributed by atoms with Crippen LogP contribution >= 0.6 is 11.8 Å². The van der Waals surface area contributed by atoms with Crippen molar-refractivity contribution in [1.82, 2.24) is 4.90 Å². The van der Waals surface area contributed by atoms with E-state index in [1.165, 1.54) is 11.9 Å². The summed E-state index contributed by atoms with van der Waals surface area (Å²) in [6, 6.07) is 15.9. The van der Waals surface area contributed by atoms with E-state index in [9.17, 15) is 19.5 Å². The van der Waals surface area contributed by atoms with Crippen LogP contribution in [0.5, 0.6) is 0 Å². The minimum Gasteiger partial charge on any atom is -0.459 e. The first-order valence-electron chi connectivity index (χ1n) is 12.1. The van der Waals surface area contributed by atoms with Crippen LogP contribution in [0.4, 0.5) is 4.79 Å². The van der Waals surface area contributed by atoms with Gasteiger partial charge in [-0.25, -0.2) is 14.4 Å². The van der Waals surface area contributed by atoms with Gasteiger partial charge in [-0.3, -0.25) is 9.89 Å². The molecule has 2 aliphatic rings. The van der Waals surface area contributed by atoms with E-state index < -0.39 is 53.4 Å². The Kier molecular flexibility index (Phi) is 8.39. The maximum Gasteiger partial charge on any atom is 0.416 e. The highest BCUT2D eigenvalue weighted by molar-refractivity contribution is 8.14. The standard InChI is InChI=1S/C27H30N2O8S/c1-27(2,3)37-26(33)29(4)25-28-19-20(30)21(36-23(32)17-13-9-6-10-14-17)18(35-24(19)38-25)15-34-22(31)16-11-7-5-8-12-16/h5-14,18-21,24,30H,15H2,1-4H3/t18-,19-,20+,21+,24-/m1/s1. The van der Waals surface area contributed by atoms with Gasteiger partial charge in [0.15, 0.2) is 11.3 Å². The number of aliphatic hydroxyl groups excluding tert-OH is 1. The van der Waals surface area contributed by atoms with E-state index in [1.54, 1.807) is 81.4 Å². The number of carbonyl (C=O) groups is 3. The Balaban J connectivity index is 1.52. The monoisotopic (exact) mass is 542 g/mol. The fourth-order valence-corrected chi connectivity index (χ4v) is 5.02. The Morgan fingerprint density at radius 3 is 2.16 bits per heavy atom. The molecule has 202 valence electrons. The number of rotatable bonds is 5. The van der Waals surface area contributed by atoms with Gasteiger partial charge in [-0.05, 0) is 45.0 Å². The number of benzene rings is 2. The smallest absolute Gasteiger partial charge is 0.416 e. The van der Waals surface area contributed by atoms with Crippen LogP contribution in [0.15, 0.2) is 65.7 Å². The number of hydrogen-bond acceptors (Lipinski definition) is 10. The van der Waals surface area contributed by atoms with Crippen molar-refractivity contribution in [1.29, 1.82) is 0 Å². The van der Waals surface area contributed by atoms with Crippen molar-refractivity contribution >= 4 is 35.0 Å². The molecule has 1 N–H and O–H groups in total. The molecule has 0 bridgehead atoms. The van der Waals surface area contributed by atoms with Gasteiger partial charge >= 0.3 is 18.0 Å². The normalized spacial score (nSPS) is 24.6. The van der Waals surface area contributed by atoms with Crippen molar-refractivity contribution < 1.29 is 38.4 Å². The molecule has 2 heterocycles. The van der Waals surface area contributed by atoms with Gasteiger partial charge in [0.25, 0.3) is 0 Å². The molecule has 5 atom stereocenters. The fraction of sp³-hybridized carbons (Fsp3) is 0.407. The van der Waals surface area contributed by atoms with E-state index >= 15 is 0 Å². The zero-order valence-electron chi connectivity index (χ0n) is 21.5. The van der Waals surface area contributed by atoms with Gasteiger partial charge in [0.2, 0.25) is 0 Å². The third-order valence-electron chi connectivity index (χ3n) is 5.72. The number of esters is 2. The van der Waals surface area contributed by atoms with E-state index in [0.29, 0.717) is 5.56 Å². The molecule has 11 heteroatoms. The number of aliphatic imine (C=N–C) groups is 1. The molecule has 4 rings (SSSR count). The Hall–Kier alpha value is -3.41. The highest BCUT2D eigenvalue weighted by atomic mass is 32.2. The lowest BCUT2D eigenvalue weighted by molar-refractivity contribution is -0.167. The zero-order valence-corrected chi connectivity index (χ0v) is 22.3. The Labute approximate surface area is 224 Å². The highest BCUT2D eigenvalue weighted by Gasteiger charge is 2.52. The van der Waals surface area contributed by atoms with Gasteiger partial charge in [0, 0.05) is 7.05 Å². The fourth-order valence-electron chi connectivity index (χ4n) is 3.84. The van der Waals surface area contributed by atoms with Gasteiger partial charge in [-0.15, -0.1) is 0 Å². The van der Waals surface area contributed by atoms with Crippen LogP contribution in [0.25, 0.3) is 0 Å². The van der Waals surface area contributed by atoms with Gasteiger partial charge in [-0.2, -0.15) is 0 Å². The third kappa shape index (κ3) is 6.53. The predicted octanol–water partition coefficient (Wildman–Crippen LogP) is 3.49. The van der Waals surface area contributed by atoms with Gasteiger partial charge in [-0.1, -0.05) is 48.2 Å². The molecule has 2 aromatic rings. The summed E-state index contributed by atoms with van der Waals surface area (Å²) in [5.41, 5.74) is -0.782. The lowest BCUT2D eigenvalue weighted by Crippen LogP contribution is -2.57. The number of aliphatic hydroxyl groups is 1. The van der Waals surface area contributed by atoms with Gasteiger partial charge < -0.3 is 24.1 Å². The van der Waals surface area contributed by atoms with Crippen LogP contribution < -0.4 is 0 Å². The van der Waals surface area contributed by atoms with Crippen molar-refractivity contribution in [3.8, 4) is 0 Å². The quantitative estimate of drug-likeness (QED) is 0.447. The van der Waals surface area contributed by atoms with E-state index in [2.05, 4.69) is 4.99 Å². The van der Waals surface area contributed by atoms with Crippen molar-refractivity contribution in [2.24, 2.45) is 4.99 Å². The zero-order chi connectivity index (χ0) is 27.4. The Morgan fingerprint density at radius 1 is 1.00 bits per heavy atom. The average Bonchev–Trinajstić information content (AvgIpc) is 3.33. The van der Waals surface area contributed by atoms with Crippen LogP contribution in [0.2, 0.25) is 0 Å². The molecule has 1 saturated heterocycles. The van der Waals surface area contributed by atoms with Crippen LogP contribution in [0.1, 0.15) is 41.5 Å². The molecule has 2 aromatic carbocycles. The lowest BCUT2D eigenvalue weighted by Gasteiger charge is -2.39. The highest BCUT2D eigenvalue weighted by Crippen LogP contribution is 2.38. The second kappa shape index (κ2) is 11.5. The number of hydrogen-bond donors (Lipinski definition) is 1. The molecular weight excluding hydrogens is 512 g/mol. The average molecular weight is 543 g/mol. The topological polar surface area (TPSA) is 124 Å². The summed E-state index contributed by atoms with van der Waals surface area (Å²) in [5, 5.41) is 11.5. The number of amidine groups is 1. The number of nitrogens with zero attached hydrogens (tertiary/aromatic N) is 2. The molecule has 38 heavy (non-hydrogen) atoms. The summed E-state index contributed by atoms with van der Waals surface area (Å²) in [4.78, 5) is 43.7. The Morgan fingerprint density at radius 2 is 1.58 bits per heavy atom. The molecule has 1 amide bonds. The molecule has 0 unspecified atom stereocenters. The van der Waals surface area contributed by atoms with Crippen molar-refractivity contribution in [2.45, 2.75) is 56.2 Å². The Bertz CT molecular complexity index is 1180. The number of fused-ring (bicyclic) bond motifs is 1. The van der Waals surface area contributed by atoms with Crippen LogP contribution in [0, 0.1) is 0 Å². The molecule has 0 spiro atoms. The molecule has 0 saturated carbocycles. The van der Waals surface area contributed by atoms with E-state index in [4.69, 9.17) is 18.9 Å². The van der Waals surface area contributed by atoms with E-state index in [0.717, 1.165) is 11.8 Å². The molecule has 10 nitrogen and oxygen atoms in total. The molecule has 1 fully saturated rings. The van der Waals surface area contributed by atoms with Crippen molar-refractivity contribution in [2.75, 3.05) is 13.7 Å². The van der Waals surface area contributed by atoms with Crippen LogP contribution in [0.3, 0.4) is 0 Å². The van der Waals surface area contributed by atoms with Gasteiger partial charge in [0.1, 0.15) is 35.9 Å². The number of thioether (sulfide) groups is 1. The summed E-state index contributed by atoms with van der Waals surface area (Å²) >= 11 is 1.12. The molecule has 0 aromatic heterocycles. The first kappa shape index (κ1) is 27.6. The van der Waals surface area contributed by atoms with Crippen molar-refractivity contribution in [3.05, 3.63) is 71.8 Å². The van der Waals surface area contributed by atoms with E-state index in [-0.39, 0.29) is 17.3 Å². The summed E-state index contributed by atoms with van der Waals surface area (Å²) in [7, 11) is 1.51. The maximum absolute atomic E-state index is 12.8. The minimum atomic E-state index is -1.29. The molecule has 0 aliphatic carbocycles. The SMILES string of the molecule is CN(C(=O)OC(C)(C)C)C1=N[C@@H]2[C@H](O)[C@@H](OC(=O)c3ccccc3)[C@@H](COC(=O)c3ccccc3)O[C@@H]2S1. The minimum absolute atomic E-state index is 0.279. The van der Waals surface area contributed by atoms with E-state index in [1.807, 2.05) is 0 Å². The summed E-state index contributed by atoms with van der Waals surface area (Å²) in [6.07, 6.45) is -4.08. The lowest BCUT2D eigenvalue weighted by atomic mass is 9.98. The second-order valence-corrected chi connectivity index (χ2v) is 10.9.